The lowest BCUT2D eigenvalue weighted by atomic mass is 10.1. The highest BCUT2D eigenvalue weighted by atomic mass is 35.5. The highest BCUT2D eigenvalue weighted by Gasteiger charge is 2.29. The van der Waals surface area contributed by atoms with Crippen LogP contribution in [0.15, 0.2) is 54.7 Å². The first-order valence-electron chi connectivity index (χ1n) is 9.48. The lowest BCUT2D eigenvalue weighted by molar-refractivity contribution is -0.139. The van der Waals surface area contributed by atoms with Crippen LogP contribution in [0, 0.1) is 12.7 Å². The number of amides is 1. The topological polar surface area (TPSA) is 60.2 Å². The molecule has 1 aromatic carbocycles. The van der Waals surface area contributed by atoms with E-state index in [1.54, 1.807) is 52.3 Å². The highest BCUT2D eigenvalue weighted by molar-refractivity contribution is 6.29. The molecule has 0 N–H and O–H groups in total. The molecule has 1 unspecified atom stereocenters. The summed E-state index contributed by atoms with van der Waals surface area (Å²) in [5.41, 5.74) is 2.41. The maximum absolute atomic E-state index is 14.6. The number of carbonyl (C=O) groups excluding carboxylic acids is 1. The second-order valence-corrected chi connectivity index (χ2v) is 7.59. The Morgan fingerprint density at radius 1 is 1.33 bits per heavy atom. The van der Waals surface area contributed by atoms with Crippen molar-refractivity contribution in [3.05, 3.63) is 82.6 Å². The van der Waals surface area contributed by atoms with Crippen molar-refractivity contribution in [2.75, 3.05) is 6.54 Å². The second-order valence-electron chi connectivity index (χ2n) is 7.21. The van der Waals surface area contributed by atoms with E-state index in [-0.39, 0.29) is 17.8 Å². The molecule has 154 valence electrons. The molecule has 1 atom stereocenters. The van der Waals surface area contributed by atoms with Gasteiger partial charge in [0.15, 0.2) is 5.76 Å². The summed E-state index contributed by atoms with van der Waals surface area (Å²) in [6.07, 6.45) is 4.66. The molecule has 0 radical (unpaired) electrons. The molecule has 0 aliphatic carbocycles. The Hall–Kier alpha value is -3.19. The molecule has 0 saturated carbocycles. The zero-order valence-electron chi connectivity index (χ0n) is 16.5. The van der Waals surface area contributed by atoms with Gasteiger partial charge in [-0.15, -0.1) is 0 Å². The minimum absolute atomic E-state index is 0.168. The van der Waals surface area contributed by atoms with E-state index in [0.29, 0.717) is 35.2 Å². The minimum atomic E-state index is -0.418. The zero-order valence-corrected chi connectivity index (χ0v) is 17.3. The Morgan fingerprint density at radius 3 is 2.87 bits per heavy atom. The smallest absolute Gasteiger partial charge is 0.289 e. The second kappa shape index (κ2) is 8.28. The molecule has 30 heavy (non-hydrogen) atoms. The van der Waals surface area contributed by atoms with Crippen molar-refractivity contribution in [3.8, 4) is 5.69 Å². The molecule has 6 nitrogen and oxygen atoms in total. The molecule has 2 aromatic heterocycles. The molecule has 1 fully saturated rings. The van der Waals surface area contributed by atoms with Crippen LogP contribution in [0.5, 0.6) is 0 Å². The van der Waals surface area contributed by atoms with Gasteiger partial charge in [-0.2, -0.15) is 0 Å². The summed E-state index contributed by atoms with van der Waals surface area (Å²) in [6, 6.07) is 10.0. The van der Waals surface area contributed by atoms with E-state index in [2.05, 4.69) is 9.97 Å². The fourth-order valence-electron chi connectivity index (χ4n) is 3.35. The van der Waals surface area contributed by atoms with Crippen molar-refractivity contribution < 1.29 is 13.9 Å². The molecule has 3 heterocycles. The molecule has 8 heteroatoms. The first-order valence-corrected chi connectivity index (χ1v) is 9.86. The quantitative estimate of drug-likeness (QED) is 0.464. The summed E-state index contributed by atoms with van der Waals surface area (Å²) in [4.78, 5) is 22.9. The molecule has 3 aromatic rings. The van der Waals surface area contributed by atoms with Gasteiger partial charge in [-0.1, -0.05) is 23.7 Å². The third kappa shape index (κ3) is 4.36. The Morgan fingerprint density at radius 2 is 2.17 bits per heavy atom. The van der Waals surface area contributed by atoms with Gasteiger partial charge in [-0.3, -0.25) is 4.79 Å². The molecule has 1 amide bonds. The number of hydrogen-bond acceptors (Lipinski definition) is 4. The summed E-state index contributed by atoms with van der Waals surface area (Å²) >= 11 is 5.94. The molecular weight excluding hydrogens is 407 g/mol. The summed E-state index contributed by atoms with van der Waals surface area (Å²) in [5.74, 6) is -0.524. The van der Waals surface area contributed by atoms with Crippen LogP contribution in [-0.4, -0.2) is 38.0 Å². The van der Waals surface area contributed by atoms with Crippen molar-refractivity contribution in [1.29, 1.82) is 0 Å². The predicted molar refractivity (Wildman–Crippen MR) is 111 cm³/mol. The number of carbonyl (C=O) groups is 1. The van der Waals surface area contributed by atoms with Gasteiger partial charge < -0.3 is 14.2 Å². The van der Waals surface area contributed by atoms with Gasteiger partial charge in [0.05, 0.1) is 36.5 Å². The van der Waals surface area contributed by atoms with Crippen LogP contribution < -0.4 is 0 Å². The van der Waals surface area contributed by atoms with Gasteiger partial charge in [0.1, 0.15) is 17.1 Å². The average Bonchev–Trinajstić information content (AvgIpc) is 3.11. The zero-order chi connectivity index (χ0) is 21.3. The molecule has 1 saturated heterocycles. The van der Waals surface area contributed by atoms with Gasteiger partial charge >= 0.3 is 0 Å². The molecule has 1 aliphatic rings. The van der Waals surface area contributed by atoms with E-state index >= 15 is 0 Å². The van der Waals surface area contributed by atoms with Crippen LogP contribution in [0.4, 0.5) is 4.39 Å². The van der Waals surface area contributed by atoms with E-state index in [1.165, 1.54) is 6.07 Å². The largest absolute Gasteiger partial charge is 0.483 e. The number of aromatic nitrogens is 3. The number of nitrogens with zero attached hydrogens (tertiary/aromatic N) is 4. The normalized spacial score (nSPS) is 18.0. The molecule has 0 bridgehead atoms. The van der Waals surface area contributed by atoms with E-state index in [4.69, 9.17) is 16.3 Å². The van der Waals surface area contributed by atoms with Crippen molar-refractivity contribution >= 4 is 23.6 Å². The minimum Gasteiger partial charge on any atom is -0.483 e. The van der Waals surface area contributed by atoms with Crippen molar-refractivity contribution in [1.82, 2.24) is 19.4 Å². The first kappa shape index (κ1) is 20.1. The summed E-state index contributed by atoms with van der Waals surface area (Å²) in [5, 5.41) is 0.376. The third-order valence-corrected chi connectivity index (χ3v) is 4.90. The number of rotatable bonds is 4. The monoisotopic (exact) mass is 426 g/mol. The van der Waals surface area contributed by atoms with Crippen LogP contribution in [0.2, 0.25) is 5.15 Å². The van der Waals surface area contributed by atoms with Crippen molar-refractivity contribution in [3.63, 3.8) is 0 Å². The Bertz CT molecular complexity index is 1130. The Kier molecular flexibility index (Phi) is 5.55. The van der Waals surface area contributed by atoms with Gasteiger partial charge in [0.2, 0.25) is 0 Å². The number of halogens is 2. The van der Waals surface area contributed by atoms with Gasteiger partial charge in [-0.05, 0) is 49.8 Å². The van der Waals surface area contributed by atoms with Crippen LogP contribution in [0.1, 0.15) is 23.9 Å². The number of aryl methyl sites for hydroxylation is 1. The maximum Gasteiger partial charge on any atom is 0.289 e. The molecular formula is C22H20ClFN4O2. The fourth-order valence-corrected chi connectivity index (χ4v) is 3.53. The summed E-state index contributed by atoms with van der Waals surface area (Å²) in [6.45, 7) is 4.46. The summed E-state index contributed by atoms with van der Waals surface area (Å²) < 4.78 is 22.0. The number of imidazole rings is 1. The van der Waals surface area contributed by atoms with Crippen LogP contribution in [0.3, 0.4) is 0 Å². The number of pyridine rings is 1. The van der Waals surface area contributed by atoms with Gasteiger partial charge in [0, 0.05) is 6.20 Å². The van der Waals surface area contributed by atoms with Crippen LogP contribution in [0.25, 0.3) is 11.8 Å². The Balaban J connectivity index is 1.57. The van der Waals surface area contributed by atoms with Gasteiger partial charge in [0.25, 0.3) is 5.91 Å². The average molecular weight is 427 g/mol. The Labute approximate surface area is 178 Å². The molecule has 0 spiro atoms. The number of morpholine rings is 1. The third-order valence-electron chi connectivity index (χ3n) is 4.69. The first-order chi connectivity index (χ1) is 14.4. The molecule has 1 aliphatic heterocycles. The number of benzene rings is 1. The standard InChI is InChI=1S/C22H20ClFN4O2/c1-14-10-28(13-25-14)19-7-6-16(8-18(19)24)9-20-22(29)27(11-15(2)30-20)12-17-4-3-5-21(23)26-17/h3-10,13,15H,11-12H2,1-2H3. The van der Waals surface area contributed by atoms with Gasteiger partial charge in [-0.25, -0.2) is 14.4 Å². The molecule has 4 rings (SSSR count). The fraction of sp³-hybridized carbons (Fsp3) is 0.227. The van der Waals surface area contributed by atoms with E-state index in [0.717, 1.165) is 5.69 Å². The summed E-state index contributed by atoms with van der Waals surface area (Å²) in [7, 11) is 0. The van der Waals surface area contributed by atoms with Crippen molar-refractivity contribution in [2.45, 2.75) is 26.5 Å². The lowest BCUT2D eigenvalue weighted by Gasteiger charge is -2.32. The van der Waals surface area contributed by atoms with E-state index < -0.39 is 5.82 Å². The lowest BCUT2D eigenvalue weighted by Crippen LogP contribution is -2.43. The number of ether oxygens (including phenoxy) is 1. The van der Waals surface area contributed by atoms with Crippen molar-refractivity contribution in [2.24, 2.45) is 0 Å². The van der Waals surface area contributed by atoms with Crippen LogP contribution >= 0.6 is 11.6 Å². The maximum atomic E-state index is 14.6. The number of hydrogen-bond donors (Lipinski definition) is 0. The van der Waals surface area contributed by atoms with Crippen LogP contribution in [-0.2, 0) is 16.1 Å². The predicted octanol–water partition coefficient (Wildman–Crippen LogP) is 4.16. The van der Waals surface area contributed by atoms with E-state index in [1.807, 2.05) is 19.9 Å². The highest BCUT2D eigenvalue weighted by Crippen LogP contribution is 2.23. The van der Waals surface area contributed by atoms with E-state index in [9.17, 15) is 9.18 Å². The SMILES string of the molecule is Cc1cn(-c2ccc(C=C3OC(C)CN(Cc4cccc(Cl)n4)C3=O)cc2F)cn1.